The quantitative estimate of drug-likeness (QED) is 0.781. The molecule has 0 aromatic carbocycles. The number of ether oxygens (including phenoxy) is 1. The van der Waals surface area contributed by atoms with Crippen molar-refractivity contribution in [1.29, 1.82) is 5.26 Å². The third-order valence-corrected chi connectivity index (χ3v) is 2.10. The lowest BCUT2D eigenvalue weighted by molar-refractivity contribution is -0.142. The van der Waals surface area contributed by atoms with Crippen molar-refractivity contribution in [2.75, 3.05) is 0 Å². The largest absolute Gasteiger partial charge is 0.487 e. The van der Waals surface area contributed by atoms with Crippen LogP contribution in [0, 0.1) is 11.3 Å². The van der Waals surface area contributed by atoms with E-state index in [1.54, 1.807) is 6.07 Å². The number of pyridine rings is 1. The lowest BCUT2D eigenvalue weighted by Crippen LogP contribution is -2.13. The molecule has 1 aliphatic rings. The minimum atomic E-state index is -4.60. The lowest BCUT2D eigenvalue weighted by Gasteiger charge is -2.13. The van der Waals surface area contributed by atoms with Gasteiger partial charge < -0.3 is 4.74 Å². The van der Waals surface area contributed by atoms with E-state index in [-0.39, 0.29) is 11.7 Å². The maximum atomic E-state index is 12.6. The Balaban J connectivity index is 2.46. The number of hydrogen-bond acceptors (Lipinski definition) is 3. The fourth-order valence-corrected chi connectivity index (χ4v) is 1.21. The van der Waals surface area contributed by atoms with Crippen LogP contribution in [-0.2, 0) is 6.18 Å². The predicted molar refractivity (Wildman–Crippen MR) is 47.6 cm³/mol. The van der Waals surface area contributed by atoms with Gasteiger partial charge in [-0.1, -0.05) is 0 Å². The van der Waals surface area contributed by atoms with Crippen molar-refractivity contribution in [2.45, 2.75) is 25.1 Å². The summed E-state index contributed by atoms with van der Waals surface area (Å²) >= 11 is 0. The van der Waals surface area contributed by atoms with E-state index in [0.717, 1.165) is 19.0 Å². The van der Waals surface area contributed by atoms with Crippen molar-refractivity contribution >= 4 is 0 Å². The van der Waals surface area contributed by atoms with Gasteiger partial charge in [0, 0.05) is 6.20 Å². The third-order valence-electron chi connectivity index (χ3n) is 2.10. The Morgan fingerprint density at radius 2 is 2.12 bits per heavy atom. The molecule has 1 heterocycles. The molecular formula is C10H7F3N2O. The highest BCUT2D eigenvalue weighted by molar-refractivity contribution is 5.46. The molecule has 0 aliphatic heterocycles. The molecule has 1 aromatic heterocycles. The van der Waals surface area contributed by atoms with Gasteiger partial charge in [-0.25, -0.2) is 4.98 Å². The molecule has 1 aromatic rings. The molecule has 1 fully saturated rings. The van der Waals surface area contributed by atoms with Gasteiger partial charge in [0.15, 0.2) is 11.4 Å². The van der Waals surface area contributed by atoms with Crippen LogP contribution in [0.3, 0.4) is 0 Å². The molecule has 0 saturated heterocycles. The van der Waals surface area contributed by atoms with E-state index in [0.29, 0.717) is 0 Å². The maximum Gasteiger partial charge on any atom is 0.437 e. The molecule has 0 atom stereocenters. The standard InChI is InChI=1S/C10H7F3N2O/c11-10(12,13)9-8(16-7-1-2-7)6(5-14)3-4-15-9/h3-4,7H,1-2H2. The van der Waals surface area contributed by atoms with Gasteiger partial charge in [-0.3, -0.25) is 0 Å². The fraction of sp³-hybridized carbons (Fsp3) is 0.400. The molecule has 0 unspecified atom stereocenters. The highest BCUT2D eigenvalue weighted by Gasteiger charge is 2.39. The monoisotopic (exact) mass is 228 g/mol. The summed E-state index contributed by atoms with van der Waals surface area (Å²) in [5, 5.41) is 8.72. The number of halogens is 3. The lowest BCUT2D eigenvalue weighted by atomic mass is 10.2. The van der Waals surface area contributed by atoms with Crippen LogP contribution < -0.4 is 4.74 Å². The summed E-state index contributed by atoms with van der Waals surface area (Å²) in [6, 6.07) is 2.89. The number of aromatic nitrogens is 1. The van der Waals surface area contributed by atoms with Crippen molar-refractivity contribution in [3.63, 3.8) is 0 Å². The van der Waals surface area contributed by atoms with E-state index in [4.69, 9.17) is 10.00 Å². The second-order valence-electron chi connectivity index (χ2n) is 3.46. The van der Waals surface area contributed by atoms with Gasteiger partial charge in [0.2, 0.25) is 0 Å². The number of nitriles is 1. The molecule has 0 bridgehead atoms. The van der Waals surface area contributed by atoms with E-state index in [9.17, 15) is 13.2 Å². The van der Waals surface area contributed by atoms with Crippen molar-refractivity contribution in [3.05, 3.63) is 23.5 Å². The average molecular weight is 228 g/mol. The normalized spacial score (nSPS) is 15.6. The Bertz CT molecular complexity index is 446. The summed E-state index contributed by atoms with van der Waals surface area (Å²) in [6.07, 6.45) is -2.41. The molecule has 0 radical (unpaired) electrons. The summed E-state index contributed by atoms with van der Waals surface area (Å²) < 4.78 is 42.9. The summed E-state index contributed by atoms with van der Waals surface area (Å²) in [6.45, 7) is 0. The van der Waals surface area contributed by atoms with Gasteiger partial charge in [0.1, 0.15) is 6.07 Å². The maximum absolute atomic E-state index is 12.6. The van der Waals surface area contributed by atoms with Crippen LogP contribution in [0.25, 0.3) is 0 Å². The number of nitrogens with zero attached hydrogens (tertiary/aromatic N) is 2. The van der Waals surface area contributed by atoms with E-state index < -0.39 is 17.6 Å². The molecule has 16 heavy (non-hydrogen) atoms. The molecule has 0 N–H and O–H groups in total. The van der Waals surface area contributed by atoms with Gasteiger partial charge in [-0.05, 0) is 18.9 Å². The van der Waals surface area contributed by atoms with Crippen molar-refractivity contribution < 1.29 is 17.9 Å². The van der Waals surface area contributed by atoms with Crippen molar-refractivity contribution in [2.24, 2.45) is 0 Å². The molecule has 0 amide bonds. The first kappa shape index (κ1) is 10.7. The predicted octanol–water partition coefficient (Wildman–Crippen LogP) is 2.51. The first-order valence-corrected chi connectivity index (χ1v) is 4.65. The first-order chi connectivity index (χ1) is 7.52. The van der Waals surface area contributed by atoms with Crippen LogP contribution in [0.5, 0.6) is 5.75 Å². The SMILES string of the molecule is N#Cc1ccnc(C(F)(F)F)c1OC1CC1. The number of rotatable bonds is 2. The average Bonchev–Trinajstić information content (AvgIpc) is 3.00. The van der Waals surface area contributed by atoms with Crippen LogP contribution in [0.1, 0.15) is 24.1 Å². The minimum Gasteiger partial charge on any atom is -0.487 e. The van der Waals surface area contributed by atoms with Crippen LogP contribution in [-0.4, -0.2) is 11.1 Å². The molecule has 1 saturated carbocycles. The molecule has 3 nitrogen and oxygen atoms in total. The molecule has 2 rings (SSSR count). The minimum absolute atomic E-state index is 0.130. The number of hydrogen-bond donors (Lipinski definition) is 0. The Hall–Kier alpha value is -1.77. The number of alkyl halides is 3. The second kappa shape index (κ2) is 3.67. The summed E-state index contributed by atoms with van der Waals surface area (Å²) in [7, 11) is 0. The zero-order valence-electron chi connectivity index (χ0n) is 8.08. The van der Waals surface area contributed by atoms with E-state index in [1.165, 1.54) is 6.07 Å². The van der Waals surface area contributed by atoms with E-state index >= 15 is 0 Å². The van der Waals surface area contributed by atoms with Crippen LogP contribution >= 0.6 is 0 Å². The van der Waals surface area contributed by atoms with Crippen LogP contribution in [0.15, 0.2) is 12.3 Å². The van der Waals surface area contributed by atoms with Gasteiger partial charge >= 0.3 is 6.18 Å². The van der Waals surface area contributed by atoms with Gasteiger partial charge in [0.25, 0.3) is 0 Å². The van der Waals surface area contributed by atoms with Gasteiger partial charge in [-0.15, -0.1) is 0 Å². The Morgan fingerprint density at radius 3 is 2.62 bits per heavy atom. The summed E-state index contributed by atoms with van der Waals surface area (Å²) in [5.74, 6) is -0.444. The van der Waals surface area contributed by atoms with E-state index in [2.05, 4.69) is 4.98 Å². The van der Waals surface area contributed by atoms with Gasteiger partial charge in [-0.2, -0.15) is 18.4 Å². The molecule has 0 spiro atoms. The summed E-state index contributed by atoms with van der Waals surface area (Å²) in [4.78, 5) is 3.24. The molecule has 6 heteroatoms. The zero-order valence-corrected chi connectivity index (χ0v) is 8.08. The molecule has 84 valence electrons. The fourth-order valence-electron chi connectivity index (χ4n) is 1.21. The molecular weight excluding hydrogens is 221 g/mol. The Kier molecular flexibility index (Phi) is 2.46. The molecule has 1 aliphatic carbocycles. The Morgan fingerprint density at radius 1 is 1.44 bits per heavy atom. The van der Waals surface area contributed by atoms with Crippen LogP contribution in [0.2, 0.25) is 0 Å². The highest BCUT2D eigenvalue weighted by Crippen LogP contribution is 2.39. The Labute approximate surface area is 89.5 Å². The first-order valence-electron chi connectivity index (χ1n) is 4.65. The van der Waals surface area contributed by atoms with E-state index in [1.807, 2.05) is 0 Å². The smallest absolute Gasteiger partial charge is 0.437 e. The van der Waals surface area contributed by atoms with Crippen molar-refractivity contribution in [1.82, 2.24) is 4.98 Å². The third kappa shape index (κ3) is 2.08. The highest BCUT2D eigenvalue weighted by atomic mass is 19.4. The van der Waals surface area contributed by atoms with Crippen molar-refractivity contribution in [3.8, 4) is 11.8 Å². The summed E-state index contributed by atoms with van der Waals surface area (Å²) in [5.41, 5.74) is -1.26. The van der Waals surface area contributed by atoms with Crippen LogP contribution in [0.4, 0.5) is 13.2 Å². The topological polar surface area (TPSA) is 45.9 Å². The van der Waals surface area contributed by atoms with Gasteiger partial charge in [0.05, 0.1) is 11.7 Å². The zero-order chi connectivity index (χ0) is 11.8. The second-order valence-corrected chi connectivity index (χ2v) is 3.46.